The van der Waals surface area contributed by atoms with Crippen molar-refractivity contribution < 1.29 is 19.5 Å². The lowest BCUT2D eigenvalue weighted by Crippen LogP contribution is -2.04. The lowest BCUT2D eigenvalue weighted by atomic mass is 10.1. The molecule has 0 heterocycles. The van der Waals surface area contributed by atoms with Gasteiger partial charge in [0.05, 0.1) is 6.42 Å². The molecule has 0 fully saturated rings. The van der Waals surface area contributed by atoms with Gasteiger partial charge in [-0.05, 0) is 6.42 Å². The molecule has 3 N–H and O–H groups in total. The zero-order valence-corrected chi connectivity index (χ0v) is 11.0. The second kappa shape index (κ2) is 9.06. The molecule has 0 aromatic carbocycles. The summed E-state index contributed by atoms with van der Waals surface area (Å²) in [5.74, 6) is 0. The summed E-state index contributed by atoms with van der Waals surface area (Å²) >= 11 is 0. The Bertz CT molecular complexity index is 189. The highest BCUT2D eigenvalue weighted by atomic mass is 31.2. The summed E-state index contributed by atoms with van der Waals surface area (Å²) in [5, 5.41) is 0. The lowest BCUT2D eigenvalue weighted by Gasteiger charge is -2.02. The minimum absolute atomic E-state index is 0.0756. The Morgan fingerprint density at radius 3 is 1.75 bits per heavy atom. The van der Waals surface area contributed by atoms with Gasteiger partial charge in [-0.2, -0.15) is 14.7 Å². The van der Waals surface area contributed by atoms with E-state index in [0.29, 0.717) is 6.42 Å². The maximum atomic E-state index is 10.9. The summed E-state index contributed by atoms with van der Waals surface area (Å²) in [6.07, 6.45) is 8.90. The Morgan fingerprint density at radius 2 is 1.31 bits per heavy atom. The third-order valence-corrected chi connectivity index (χ3v) is 3.47. The molecule has 0 rings (SSSR count). The standard InChI is InChI=1S/C11H24O4P/c1-2-3-4-5-6-7-8-9-10-11(12)16(13,14)15/h13-15H,2-10H2,1H3/q+1. The highest BCUT2D eigenvalue weighted by molar-refractivity contribution is 7.76. The van der Waals surface area contributed by atoms with E-state index in [0.717, 1.165) is 12.8 Å². The SMILES string of the molecule is CCCCCCCCCCC(=O)[P+](O)(O)O. The Kier molecular flexibility index (Phi) is 9.04. The van der Waals surface area contributed by atoms with Crippen molar-refractivity contribution in [3.63, 3.8) is 0 Å². The second-order valence-corrected chi connectivity index (χ2v) is 5.82. The average Bonchev–Trinajstić information content (AvgIpc) is 2.20. The topological polar surface area (TPSA) is 77.8 Å². The van der Waals surface area contributed by atoms with Crippen LogP contribution in [0.15, 0.2) is 0 Å². The van der Waals surface area contributed by atoms with Crippen LogP contribution < -0.4 is 0 Å². The van der Waals surface area contributed by atoms with Crippen LogP contribution in [-0.2, 0) is 4.79 Å². The molecular formula is C11H24O4P+. The van der Waals surface area contributed by atoms with Crippen molar-refractivity contribution in [3.05, 3.63) is 0 Å². The largest absolute Gasteiger partial charge is 0.478 e. The van der Waals surface area contributed by atoms with Crippen LogP contribution in [0, 0.1) is 0 Å². The van der Waals surface area contributed by atoms with Gasteiger partial charge in [0, 0.05) is 0 Å². The summed E-state index contributed by atoms with van der Waals surface area (Å²) < 4.78 is 0. The first-order chi connectivity index (χ1) is 7.48. The molecule has 0 aromatic rings. The number of rotatable bonds is 10. The molecule has 0 aliphatic rings. The first kappa shape index (κ1) is 16.0. The molecule has 0 aliphatic heterocycles. The van der Waals surface area contributed by atoms with Gasteiger partial charge in [-0.25, -0.2) is 4.79 Å². The lowest BCUT2D eigenvalue weighted by molar-refractivity contribution is -0.114. The number of carbonyl (C=O) groups excluding carboxylic acids is 1. The van der Waals surface area contributed by atoms with E-state index in [9.17, 15) is 4.79 Å². The third-order valence-electron chi connectivity index (χ3n) is 2.58. The van der Waals surface area contributed by atoms with Gasteiger partial charge < -0.3 is 0 Å². The van der Waals surface area contributed by atoms with E-state index in [2.05, 4.69) is 6.92 Å². The average molecular weight is 251 g/mol. The summed E-state index contributed by atoms with van der Waals surface area (Å²) in [4.78, 5) is 36.9. The number of hydrogen-bond acceptors (Lipinski definition) is 4. The number of hydrogen-bond donors (Lipinski definition) is 3. The summed E-state index contributed by atoms with van der Waals surface area (Å²) in [5.41, 5.74) is -0.807. The predicted octanol–water partition coefficient (Wildman–Crippen LogP) is 2.78. The smallest absolute Gasteiger partial charge is 0.244 e. The van der Waals surface area contributed by atoms with Gasteiger partial charge in [-0.3, -0.25) is 0 Å². The monoisotopic (exact) mass is 251 g/mol. The molecule has 0 atom stereocenters. The fraction of sp³-hybridized carbons (Fsp3) is 0.909. The van der Waals surface area contributed by atoms with Crippen molar-refractivity contribution in [2.75, 3.05) is 0 Å². The zero-order chi connectivity index (χ0) is 12.4. The Morgan fingerprint density at radius 1 is 0.875 bits per heavy atom. The van der Waals surface area contributed by atoms with E-state index in [1.807, 2.05) is 0 Å². The summed E-state index contributed by atoms with van der Waals surface area (Å²) in [7, 11) is -4.22. The molecule has 0 spiro atoms. The van der Waals surface area contributed by atoms with Gasteiger partial charge in [0.25, 0.3) is 0 Å². The minimum atomic E-state index is -4.22. The fourth-order valence-corrected chi connectivity index (χ4v) is 2.02. The molecule has 4 nitrogen and oxygen atoms in total. The Balaban J connectivity index is 3.25. The molecule has 0 aromatic heterocycles. The van der Waals surface area contributed by atoms with Gasteiger partial charge in [0.15, 0.2) is 0 Å². The molecule has 0 amide bonds. The normalized spacial score (nSPS) is 11.8. The quantitative estimate of drug-likeness (QED) is 0.412. The van der Waals surface area contributed by atoms with Crippen molar-refractivity contribution in [1.29, 1.82) is 0 Å². The summed E-state index contributed by atoms with van der Waals surface area (Å²) in [6, 6.07) is 0. The van der Waals surface area contributed by atoms with E-state index in [1.165, 1.54) is 32.1 Å². The van der Waals surface area contributed by atoms with Crippen LogP contribution in [-0.4, -0.2) is 20.2 Å². The van der Waals surface area contributed by atoms with Gasteiger partial charge in [-0.15, -0.1) is 0 Å². The van der Waals surface area contributed by atoms with Crippen LogP contribution in [0.1, 0.15) is 64.7 Å². The predicted molar refractivity (Wildman–Crippen MR) is 65.8 cm³/mol. The van der Waals surface area contributed by atoms with Crippen LogP contribution in [0.4, 0.5) is 0 Å². The number of unbranched alkanes of at least 4 members (excludes halogenated alkanes) is 7. The minimum Gasteiger partial charge on any atom is -0.244 e. The van der Waals surface area contributed by atoms with E-state index in [1.54, 1.807) is 0 Å². The summed E-state index contributed by atoms with van der Waals surface area (Å²) in [6.45, 7) is 2.18. The van der Waals surface area contributed by atoms with Gasteiger partial charge in [-0.1, -0.05) is 51.9 Å². The van der Waals surface area contributed by atoms with E-state index in [4.69, 9.17) is 14.7 Å². The Labute approximate surface area is 98.3 Å². The fourth-order valence-electron chi connectivity index (χ4n) is 1.56. The highest BCUT2D eigenvalue weighted by Gasteiger charge is 2.41. The molecular weight excluding hydrogens is 227 g/mol. The van der Waals surface area contributed by atoms with Gasteiger partial charge >= 0.3 is 13.5 Å². The van der Waals surface area contributed by atoms with Crippen molar-refractivity contribution in [3.8, 4) is 0 Å². The molecule has 0 unspecified atom stereocenters. The van der Waals surface area contributed by atoms with Crippen LogP contribution in [0.5, 0.6) is 0 Å². The maximum Gasteiger partial charge on any atom is 0.478 e. The molecule has 0 radical (unpaired) electrons. The van der Waals surface area contributed by atoms with Crippen molar-refractivity contribution in [1.82, 2.24) is 0 Å². The number of carbonyl (C=O) groups is 1. The first-order valence-corrected chi connectivity index (χ1v) is 7.74. The third kappa shape index (κ3) is 9.22. The molecule has 0 saturated carbocycles. The second-order valence-electron chi connectivity index (χ2n) is 4.19. The maximum absolute atomic E-state index is 10.9. The van der Waals surface area contributed by atoms with Crippen LogP contribution >= 0.6 is 7.94 Å². The van der Waals surface area contributed by atoms with Crippen LogP contribution in [0.25, 0.3) is 0 Å². The van der Waals surface area contributed by atoms with Crippen LogP contribution in [0.2, 0.25) is 0 Å². The molecule has 96 valence electrons. The van der Waals surface area contributed by atoms with Crippen molar-refractivity contribution in [2.24, 2.45) is 0 Å². The zero-order valence-electron chi connectivity index (χ0n) is 10.1. The molecule has 16 heavy (non-hydrogen) atoms. The highest BCUT2D eigenvalue weighted by Crippen LogP contribution is 2.46. The van der Waals surface area contributed by atoms with E-state index in [-0.39, 0.29) is 6.42 Å². The Hall–Kier alpha value is -0.0200. The van der Waals surface area contributed by atoms with Crippen molar-refractivity contribution >= 4 is 13.5 Å². The van der Waals surface area contributed by atoms with E-state index >= 15 is 0 Å². The molecule has 0 saturated heterocycles. The molecule has 5 heteroatoms. The molecule has 0 bridgehead atoms. The van der Waals surface area contributed by atoms with Crippen molar-refractivity contribution in [2.45, 2.75) is 64.7 Å². The van der Waals surface area contributed by atoms with Gasteiger partial charge in [0.1, 0.15) is 0 Å². The van der Waals surface area contributed by atoms with Crippen LogP contribution in [0.3, 0.4) is 0 Å². The molecule has 0 aliphatic carbocycles. The van der Waals surface area contributed by atoms with E-state index < -0.39 is 13.5 Å². The van der Waals surface area contributed by atoms with Gasteiger partial charge in [0.2, 0.25) is 0 Å². The first-order valence-electron chi connectivity index (χ1n) is 6.09.